The smallest absolute Gasteiger partial charge is 0.256 e. The van der Waals surface area contributed by atoms with Crippen LogP contribution in [0.1, 0.15) is 26.7 Å². The molecule has 1 rings (SSSR count). The van der Waals surface area contributed by atoms with E-state index < -0.39 is 5.60 Å². The van der Waals surface area contributed by atoms with Crippen LogP contribution in [0.2, 0.25) is 5.02 Å². The van der Waals surface area contributed by atoms with Crippen molar-refractivity contribution in [3.05, 3.63) is 23.2 Å². The highest BCUT2D eigenvalue weighted by Gasteiger charge is 2.32. The normalized spacial score (nSPS) is 13.5. The van der Waals surface area contributed by atoms with Gasteiger partial charge in [0, 0.05) is 19.9 Å². The number of hydrogen-bond acceptors (Lipinski definition) is 4. The van der Waals surface area contributed by atoms with Gasteiger partial charge in [-0.2, -0.15) is 0 Å². The summed E-state index contributed by atoms with van der Waals surface area (Å²) < 4.78 is 15.7. The highest BCUT2D eigenvalue weighted by Crippen LogP contribution is 2.28. The molecule has 0 fully saturated rings. The molecule has 0 heterocycles. The third-order valence-electron chi connectivity index (χ3n) is 3.39. The van der Waals surface area contributed by atoms with Gasteiger partial charge in [0.15, 0.2) is 0 Å². The second-order valence-corrected chi connectivity index (χ2v) is 5.53. The van der Waals surface area contributed by atoms with Gasteiger partial charge in [-0.1, -0.05) is 24.9 Å². The summed E-state index contributed by atoms with van der Waals surface area (Å²) in [7, 11) is 3.14. The van der Waals surface area contributed by atoms with Crippen LogP contribution in [-0.4, -0.2) is 38.9 Å². The second-order valence-electron chi connectivity index (χ2n) is 5.13. The van der Waals surface area contributed by atoms with E-state index >= 15 is 0 Å². The molecule has 124 valence electrons. The summed E-state index contributed by atoms with van der Waals surface area (Å²) in [5.41, 5.74) is -0.247. The molecule has 0 aliphatic carbocycles. The summed E-state index contributed by atoms with van der Waals surface area (Å²) in [5, 5.41) is 3.26. The topological polar surface area (TPSA) is 56.8 Å². The Hall–Kier alpha value is -1.30. The van der Waals surface area contributed by atoms with E-state index in [4.69, 9.17) is 25.8 Å². The van der Waals surface area contributed by atoms with Crippen molar-refractivity contribution in [3.63, 3.8) is 0 Å². The molecule has 0 unspecified atom stereocenters. The van der Waals surface area contributed by atoms with E-state index in [2.05, 4.69) is 5.32 Å². The van der Waals surface area contributed by atoms with E-state index in [9.17, 15) is 4.79 Å². The van der Waals surface area contributed by atoms with Crippen LogP contribution in [0.4, 0.5) is 5.69 Å². The Morgan fingerprint density at radius 2 is 2.05 bits per heavy atom. The van der Waals surface area contributed by atoms with Gasteiger partial charge in [-0.15, -0.1) is 0 Å². The van der Waals surface area contributed by atoms with Gasteiger partial charge in [-0.3, -0.25) is 4.79 Å². The van der Waals surface area contributed by atoms with Crippen LogP contribution in [0.15, 0.2) is 18.2 Å². The molecule has 1 aromatic rings. The van der Waals surface area contributed by atoms with Gasteiger partial charge in [0.2, 0.25) is 0 Å². The van der Waals surface area contributed by atoms with E-state index in [1.54, 1.807) is 32.2 Å². The molecule has 0 saturated carbocycles. The highest BCUT2D eigenvalue weighted by molar-refractivity contribution is 6.32. The molecule has 0 aromatic heterocycles. The van der Waals surface area contributed by atoms with Gasteiger partial charge in [0.1, 0.15) is 18.0 Å². The van der Waals surface area contributed by atoms with Crippen molar-refractivity contribution in [2.45, 2.75) is 32.3 Å². The van der Waals surface area contributed by atoms with Crippen molar-refractivity contribution in [1.29, 1.82) is 0 Å². The maximum Gasteiger partial charge on any atom is 0.256 e. The first-order valence-corrected chi connectivity index (χ1v) is 7.62. The third-order valence-corrected chi connectivity index (χ3v) is 3.69. The molecule has 0 bridgehead atoms. The van der Waals surface area contributed by atoms with E-state index in [-0.39, 0.29) is 5.91 Å². The fourth-order valence-electron chi connectivity index (χ4n) is 1.98. The first kappa shape index (κ1) is 18.7. The van der Waals surface area contributed by atoms with Gasteiger partial charge in [0.25, 0.3) is 5.91 Å². The molecule has 0 spiro atoms. The van der Waals surface area contributed by atoms with Gasteiger partial charge in [0.05, 0.1) is 11.6 Å². The van der Waals surface area contributed by atoms with E-state index in [0.717, 1.165) is 6.42 Å². The summed E-state index contributed by atoms with van der Waals surface area (Å²) >= 11 is 6.15. The number of carbonyl (C=O) groups is 1. The fourth-order valence-corrected chi connectivity index (χ4v) is 2.21. The molecule has 0 radical (unpaired) electrons. The number of ether oxygens (including phenoxy) is 3. The number of rotatable bonds is 9. The van der Waals surface area contributed by atoms with Crippen LogP contribution in [-0.2, 0) is 14.3 Å². The quantitative estimate of drug-likeness (QED) is 0.704. The Bertz CT molecular complexity index is 495. The fraction of sp³-hybridized carbons (Fsp3) is 0.562. The summed E-state index contributed by atoms with van der Waals surface area (Å²) in [6, 6.07) is 5.12. The molecule has 0 saturated heterocycles. The van der Waals surface area contributed by atoms with Crippen molar-refractivity contribution < 1.29 is 19.0 Å². The zero-order chi connectivity index (χ0) is 16.6. The van der Waals surface area contributed by atoms with Crippen molar-refractivity contribution in [2.75, 3.05) is 32.8 Å². The van der Waals surface area contributed by atoms with E-state index in [1.165, 1.54) is 7.11 Å². The Labute approximate surface area is 136 Å². The lowest BCUT2D eigenvalue weighted by Crippen LogP contribution is -2.41. The van der Waals surface area contributed by atoms with Crippen LogP contribution >= 0.6 is 11.6 Å². The molecular formula is C16H24ClNO4. The number of halogens is 1. The average molecular weight is 330 g/mol. The zero-order valence-electron chi connectivity index (χ0n) is 13.6. The minimum atomic E-state index is -0.852. The third kappa shape index (κ3) is 5.16. The van der Waals surface area contributed by atoms with E-state index in [0.29, 0.717) is 36.1 Å². The summed E-state index contributed by atoms with van der Waals surface area (Å²) in [6.45, 7) is 4.68. The van der Waals surface area contributed by atoms with Crippen molar-refractivity contribution in [2.24, 2.45) is 0 Å². The van der Waals surface area contributed by atoms with Crippen molar-refractivity contribution in [3.8, 4) is 5.75 Å². The number of anilines is 1. The van der Waals surface area contributed by atoms with Gasteiger partial charge >= 0.3 is 0 Å². The molecule has 1 N–H and O–H groups in total. The van der Waals surface area contributed by atoms with Crippen molar-refractivity contribution >= 4 is 23.2 Å². The number of hydrogen-bond donors (Lipinski definition) is 1. The Kier molecular flexibility index (Phi) is 7.65. The first-order chi connectivity index (χ1) is 10.5. The van der Waals surface area contributed by atoms with Crippen LogP contribution in [0.3, 0.4) is 0 Å². The molecular weight excluding hydrogens is 306 g/mol. The predicted molar refractivity (Wildman–Crippen MR) is 87.8 cm³/mol. The first-order valence-electron chi connectivity index (χ1n) is 7.24. The lowest BCUT2D eigenvalue weighted by molar-refractivity contribution is -0.136. The zero-order valence-corrected chi connectivity index (χ0v) is 14.3. The maximum absolute atomic E-state index is 12.3. The number of nitrogens with one attached hydrogen (secondary N) is 1. The summed E-state index contributed by atoms with van der Waals surface area (Å²) in [6.07, 6.45) is 1.49. The molecule has 6 heteroatoms. The van der Waals surface area contributed by atoms with E-state index in [1.807, 2.05) is 6.92 Å². The molecule has 5 nitrogen and oxygen atoms in total. The van der Waals surface area contributed by atoms with Crippen LogP contribution in [0.5, 0.6) is 5.75 Å². The number of methoxy groups -OCH3 is 2. The molecule has 1 aromatic carbocycles. The summed E-state index contributed by atoms with van der Waals surface area (Å²) in [5.74, 6) is 0.362. The minimum absolute atomic E-state index is 0.194. The molecule has 1 atom stereocenters. The lowest BCUT2D eigenvalue weighted by Gasteiger charge is -2.26. The average Bonchev–Trinajstić information content (AvgIpc) is 2.49. The predicted octanol–water partition coefficient (Wildman–Crippen LogP) is 3.51. The molecule has 22 heavy (non-hydrogen) atoms. The van der Waals surface area contributed by atoms with Crippen LogP contribution < -0.4 is 10.1 Å². The standard InChI is InChI=1S/C16H24ClNO4/c1-5-8-16(2,21-4)15(19)18-12-6-7-14(13(17)11-12)22-10-9-20-3/h6-7,11H,5,8-10H2,1-4H3,(H,18,19)/t16-/m0/s1. The highest BCUT2D eigenvalue weighted by atomic mass is 35.5. The monoisotopic (exact) mass is 329 g/mol. The lowest BCUT2D eigenvalue weighted by atomic mass is 9.99. The SMILES string of the molecule is CCC[C@](C)(OC)C(=O)Nc1ccc(OCCOC)c(Cl)c1. The van der Waals surface area contributed by atoms with Crippen LogP contribution in [0.25, 0.3) is 0 Å². The Morgan fingerprint density at radius 3 is 2.59 bits per heavy atom. The largest absolute Gasteiger partial charge is 0.490 e. The Balaban J connectivity index is 2.74. The second kappa shape index (κ2) is 8.98. The van der Waals surface area contributed by atoms with Gasteiger partial charge < -0.3 is 19.5 Å². The van der Waals surface area contributed by atoms with Gasteiger partial charge in [-0.05, 0) is 31.5 Å². The maximum atomic E-state index is 12.3. The number of benzene rings is 1. The van der Waals surface area contributed by atoms with Crippen molar-refractivity contribution in [1.82, 2.24) is 0 Å². The molecule has 1 amide bonds. The molecule has 0 aliphatic rings. The number of amides is 1. The minimum Gasteiger partial charge on any atom is -0.490 e. The summed E-state index contributed by atoms with van der Waals surface area (Å²) in [4.78, 5) is 12.3. The molecule has 0 aliphatic heterocycles. The number of carbonyl (C=O) groups excluding carboxylic acids is 1. The van der Waals surface area contributed by atoms with Crippen LogP contribution in [0, 0.1) is 0 Å². The Morgan fingerprint density at radius 1 is 1.32 bits per heavy atom. The van der Waals surface area contributed by atoms with Gasteiger partial charge in [-0.25, -0.2) is 0 Å².